The van der Waals surface area contributed by atoms with Gasteiger partial charge in [-0.15, -0.1) is 0 Å². The first-order chi connectivity index (χ1) is 11.0. The molecule has 124 valence electrons. The molecule has 23 heavy (non-hydrogen) atoms. The van der Waals surface area contributed by atoms with Crippen LogP contribution in [-0.4, -0.2) is 47.3 Å². The molecule has 5 nitrogen and oxygen atoms in total. The van der Waals surface area contributed by atoms with Crippen LogP contribution in [0.5, 0.6) is 0 Å². The van der Waals surface area contributed by atoms with Crippen LogP contribution < -0.4 is 5.73 Å². The summed E-state index contributed by atoms with van der Waals surface area (Å²) in [5, 5.41) is 0.684. The highest BCUT2D eigenvalue weighted by molar-refractivity contribution is 6.30. The van der Waals surface area contributed by atoms with Gasteiger partial charge in [-0.05, 0) is 30.5 Å². The molecule has 0 bridgehead atoms. The minimum Gasteiger partial charge on any atom is -0.335 e. The molecule has 3 rings (SSSR count). The monoisotopic (exact) mass is 335 g/mol. The van der Waals surface area contributed by atoms with Gasteiger partial charge in [0, 0.05) is 30.7 Å². The molecule has 0 aromatic heterocycles. The largest absolute Gasteiger partial charge is 0.335 e. The topological polar surface area (TPSA) is 66.6 Å². The molecule has 2 aliphatic rings. The van der Waals surface area contributed by atoms with Gasteiger partial charge in [-0.25, -0.2) is 0 Å². The van der Waals surface area contributed by atoms with E-state index in [1.54, 1.807) is 9.80 Å². The third-order valence-electron chi connectivity index (χ3n) is 4.80. The first kappa shape index (κ1) is 16.3. The molecule has 1 aromatic carbocycles. The van der Waals surface area contributed by atoms with Crippen molar-refractivity contribution < 1.29 is 9.59 Å². The number of carbonyl (C=O) groups excluding carboxylic acids is 2. The minimum atomic E-state index is -0.106. The van der Waals surface area contributed by atoms with Gasteiger partial charge < -0.3 is 15.5 Å². The molecule has 1 saturated heterocycles. The van der Waals surface area contributed by atoms with E-state index < -0.39 is 0 Å². The summed E-state index contributed by atoms with van der Waals surface area (Å²) in [6.07, 6.45) is 2.75. The molecule has 1 aliphatic carbocycles. The summed E-state index contributed by atoms with van der Waals surface area (Å²) in [6.45, 7) is 1.87. The summed E-state index contributed by atoms with van der Waals surface area (Å²) in [7, 11) is 0. The summed E-state index contributed by atoms with van der Waals surface area (Å²) in [6, 6.07) is 7.44. The zero-order valence-electron chi connectivity index (χ0n) is 13.1. The van der Waals surface area contributed by atoms with E-state index in [0.717, 1.165) is 24.8 Å². The Bertz CT molecular complexity index is 590. The first-order valence-electron chi connectivity index (χ1n) is 8.11. The van der Waals surface area contributed by atoms with Gasteiger partial charge in [-0.2, -0.15) is 0 Å². The van der Waals surface area contributed by atoms with E-state index in [-0.39, 0.29) is 30.3 Å². The van der Waals surface area contributed by atoms with E-state index in [2.05, 4.69) is 0 Å². The molecule has 2 amide bonds. The maximum absolute atomic E-state index is 12.5. The van der Waals surface area contributed by atoms with Crippen molar-refractivity contribution in [3.05, 3.63) is 34.9 Å². The Hall–Kier alpha value is -1.59. The SMILES string of the molecule is N[C@H]1CCC[C@H]1C(=O)N1CCN(Cc2ccc(Cl)cc2)C(=O)C1. The highest BCUT2D eigenvalue weighted by Gasteiger charge is 2.36. The summed E-state index contributed by atoms with van der Waals surface area (Å²) < 4.78 is 0. The van der Waals surface area contributed by atoms with Crippen molar-refractivity contribution >= 4 is 23.4 Å². The number of nitrogens with zero attached hydrogens (tertiary/aromatic N) is 2. The molecule has 0 radical (unpaired) electrons. The van der Waals surface area contributed by atoms with Crippen molar-refractivity contribution in [2.45, 2.75) is 31.8 Å². The summed E-state index contributed by atoms with van der Waals surface area (Å²) >= 11 is 5.88. The number of carbonyl (C=O) groups is 2. The van der Waals surface area contributed by atoms with Crippen molar-refractivity contribution in [1.29, 1.82) is 0 Å². The predicted molar refractivity (Wildman–Crippen MR) is 88.8 cm³/mol. The van der Waals surface area contributed by atoms with E-state index in [9.17, 15) is 9.59 Å². The fourth-order valence-electron chi connectivity index (χ4n) is 3.40. The normalized spacial score (nSPS) is 25.0. The van der Waals surface area contributed by atoms with E-state index in [4.69, 9.17) is 17.3 Å². The fourth-order valence-corrected chi connectivity index (χ4v) is 3.53. The Kier molecular flexibility index (Phi) is 4.87. The highest BCUT2D eigenvalue weighted by atomic mass is 35.5. The first-order valence-corrected chi connectivity index (χ1v) is 8.49. The second-order valence-electron chi connectivity index (χ2n) is 6.40. The van der Waals surface area contributed by atoms with Gasteiger partial charge in [0.25, 0.3) is 0 Å². The smallest absolute Gasteiger partial charge is 0.242 e. The van der Waals surface area contributed by atoms with E-state index >= 15 is 0 Å². The molecular weight excluding hydrogens is 314 g/mol. The Balaban J connectivity index is 1.57. The van der Waals surface area contributed by atoms with E-state index in [0.29, 0.717) is 24.7 Å². The molecule has 0 spiro atoms. The lowest BCUT2D eigenvalue weighted by atomic mass is 10.0. The van der Waals surface area contributed by atoms with Crippen molar-refractivity contribution in [2.24, 2.45) is 11.7 Å². The molecule has 1 aliphatic heterocycles. The van der Waals surface area contributed by atoms with Gasteiger partial charge in [0.2, 0.25) is 11.8 Å². The number of rotatable bonds is 3. The van der Waals surface area contributed by atoms with Crippen LogP contribution in [-0.2, 0) is 16.1 Å². The van der Waals surface area contributed by atoms with Crippen LogP contribution in [0.25, 0.3) is 0 Å². The lowest BCUT2D eigenvalue weighted by molar-refractivity contribution is -0.148. The number of hydrogen-bond acceptors (Lipinski definition) is 3. The Morgan fingerprint density at radius 3 is 2.57 bits per heavy atom. The fraction of sp³-hybridized carbons (Fsp3) is 0.529. The predicted octanol–water partition coefficient (Wildman–Crippen LogP) is 1.64. The van der Waals surface area contributed by atoms with Crippen LogP contribution >= 0.6 is 11.6 Å². The molecule has 2 fully saturated rings. The number of amides is 2. The van der Waals surface area contributed by atoms with Gasteiger partial charge in [0.1, 0.15) is 0 Å². The van der Waals surface area contributed by atoms with Gasteiger partial charge in [-0.3, -0.25) is 9.59 Å². The third kappa shape index (κ3) is 3.67. The van der Waals surface area contributed by atoms with Gasteiger partial charge in [-0.1, -0.05) is 30.2 Å². The van der Waals surface area contributed by atoms with Crippen molar-refractivity contribution in [3.63, 3.8) is 0 Å². The summed E-state index contributed by atoms with van der Waals surface area (Å²) in [5.74, 6) is -0.0637. The number of hydrogen-bond donors (Lipinski definition) is 1. The lowest BCUT2D eigenvalue weighted by Crippen LogP contribution is -2.54. The van der Waals surface area contributed by atoms with Gasteiger partial charge in [0.05, 0.1) is 12.5 Å². The molecule has 2 atom stereocenters. The van der Waals surface area contributed by atoms with Gasteiger partial charge in [0.15, 0.2) is 0 Å². The molecule has 1 aromatic rings. The van der Waals surface area contributed by atoms with Crippen molar-refractivity contribution in [2.75, 3.05) is 19.6 Å². The van der Waals surface area contributed by atoms with Crippen LogP contribution in [0.15, 0.2) is 24.3 Å². The van der Waals surface area contributed by atoms with Crippen LogP contribution in [0.2, 0.25) is 5.02 Å². The molecule has 6 heteroatoms. The zero-order chi connectivity index (χ0) is 16.4. The Labute approximate surface area is 141 Å². The number of piperazine rings is 1. The second-order valence-corrected chi connectivity index (χ2v) is 6.84. The third-order valence-corrected chi connectivity index (χ3v) is 5.06. The standard InChI is InChI=1S/C17H22ClN3O2/c18-13-6-4-12(5-7-13)10-20-8-9-21(11-16(20)22)17(23)14-2-1-3-15(14)19/h4-7,14-15H,1-3,8-11,19H2/t14-,15+/m1/s1. The van der Waals surface area contributed by atoms with Crippen LogP contribution in [0.4, 0.5) is 0 Å². The number of halogens is 1. The molecule has 1 saturated carbocycles. The Morgan fingerprint density at radius 1 is 1.22 bits per heavy atom. The number of benzene rings is 1. The van der Waals surface area contributed by atoms with E-state index in [1.807, 2.05) is 24.3 Å². The highest BCUT2D eigenvalue weighted by Crippen LogP contribution is 2.26. The van der Waals surface area contributed by atoms with Crippen molar-refractivity contribution in [3.8, 4) is 0 Å². The minimum absolute atomic E-state index is 0.00822. The molecule has 0 unspecified atom stereocenters. The summed E-state index contributed by atoms with van der Waals surface area (Å²) in [5.41, 5.74) is 7.05. The van der Waals surface area contributed by atoms with E-state index in [1.165, 1.54) is 0 Å². The average molecular weight is 336 g/mol. The maximum atomic E-state index is 12.5. The zero-order valence-corrected chi connectivity index (χ0v) is 13.8. The average Bonchev–Trinajstić information content (AvgIpc) is 2.97. The van der Waals surface area contributed by atoms with Gasteiger partial charge >= 0.3 is 0 Å². The number of nitrogens with two attached hydrogens (primary N) is 1. The maximum Gasteiger partial charge on any atom is 0.242 e. The quantitative estimate of drug-likeness (QED) is 0.913. The summed E-state index contributed by atoms with van der Waals surface area (Å²) in [4.78, 5) is 28.3. The molecule has 2 N–H and O–H groups in total. The lowest BCUT2D eigenvalue weighted by Gasteiger charge is -2.36. The van der Waals surface area contributed by atoms with Crippen LogP contribution in [0, 0.1) is 5.92 Å². The van der Waals surface area contributed by atoms with Crippen molar-refractivity contribution in [1.82, 2.24) is 9.80 Å². The Morgan fingerprint density at radius 2 is 1.96 bits per heavy atom. The van der Waals surface area contributed by atoms with Crippen LogP contribution in [0.1, 0.15) is 24.8 Å². The molecule has 1 heterocycles. The second kappa shape index (κ2) is 6.89. The molecular formula is C17H22ClN3O2. The van der Waals surface area contributed by atoms with Crippen LogP contribution in [0.3, 0.4) is 0 Å².